The lowest BCUT2D eigenvalue weighted by Gasteiger charge is -2.19. The van der Waals surface area contributed by atoms with Crippen LogP contribution in [0.3, 0.4) is 0 Å². The maximum Gasteiger partial charge on any atom is 0.196 e. The zero-order valence-corrected chi connectivity index (χ0v) is 19.4. The van der Waals surface area contributed by atoms with Gasteiger partial charge in [0.05, 0.1) is 24.2 Å². The van der Waals surface area contributed by atoms with Crippen molar-refractivity contribution in [1.29, 1.82) is 0 Å². The molecular formula is C22H29Cl2N5O2. The number of halogens is 2. The second-order valence-electron chi connectivity index (χ2n) is 7.53. The highest BCUT2D eigenvalue weighted by atomic mass is 35.5. The molecule has 0 spiro atoms. The highest BCUT2D eigenvalue weighted by molar-refractivity contribution is 6.27. The molecule has 0 aliphatic heterocycles. The number of likely N-dealkylation sites (N-methyl/N-ethyl adjacent to an activating group) is 1. The Balaban J connectivity index is 0.00000171. The predicted molar refractivity (Wildman–Crippen MR) is 130 cm³/mol. The molecule has 0 unspecified atom stereocenters. The Hall–Kier alpha value is -2.16. The van der Waals surface area contributed by atoms with Gasteiger partial charge in [-0.05, 0) is 26.2 Å². The van der Waals surface area contributed by atoms with E-state index in [1.54, 1.807) is 0 Å². The van der Waals surface area contributed by atoms with Crippen LogP contribution in [0.2, 0.25) is 0 Å². The molecule has 1 aromatic heterocycles. The Morgan fingerprint density at radius 3 is 2.48 bits per heavy atom. The number of anilines is 1. The molecule has 168 valence electrons. The fraction of sp³-hybridized carbons (Fsp3) is 0.364. The highest BCUT2D eigenvalue weighted by Crippen LogP contribution is 2.41. The summed E-state index contributed by atoms with van der Waals surface area (Å²) in [4.78, 5) is 15.5. The molecule has 2 aromatic carbocycles. The van der Waals surface area contributed by atoms with Gasteiger partial charge in [0.15, 0.2) is 5.78 Å². The number of fused-ring (bicyclic) bond motifs is 2. The molecule has 9 heteroatoms. The van der Waals surface area contributed by atoms with Crippen molar-refractivity contribution in [2.24, 2.45) is 0 Å². The molecule has 0 amide bonds. The van der Waals surface area contributed by atoms with Crippen LogP contribution in [0.4, 0.5) is 5.69 Å². The van der Waals surface area contributed by atoms with Gasteiger partial charge in [0.25, 0.3) is 0 Å². The Morgan fingerprint density at radius 2 is 1.77 bits per heavy atom. The van der Waals surface area contributed by atoms with Crippen LogP contribution in [0.25, 0.3) is 22.2 Å². The summed E-state index contributed by atoms with van der Waals surface area (Å²) < 4.78 is 1.96. The molecule has 0 radical (unpaired) electrons. The van der Waals surface area contributed by atoms with Crippen LogP contribution in [0, 0.1) is 0 Å². The minimum Gasteiger partial charge on any atom is -0.395 e. The van der Waals surface area contributed by atoms with E-state index in [1.165, 1.54) is 0 Å². The normalized spacial score (nSPS) is 11.8. The molecule has 0 saturated heterocycles. The van der Waals surface area contributed by atoms with Crippen molar-refractivity contribution in [3.63, 3.8) is 0 Å². The topological polar surface area (TPSA) is 82.4 Å². The van der Waals surface area contributed by atoms with Crippen molar-refractivity contribution in [2.75, 3.05) is 52.2 Å². The summed E-state index contributed by atoms with van der Waals surface area (Å²) in [7, 11) is 4.06. The van der Waals surface area contributed by atoms with E-state index in [-0.39, 0.29) is 37.2 Å². The second kappa shape index (κ2) is 10.9. The lowest BCUT2D eigenvalue weighted by molar-refractivity contribution is 0.104. The van der Waals surface area contributed by atoms with E-state index in [1.807, 2.05) is 55.2 Å². The number of ketones is 1. The van der Waals surface area contributed by atoms with E-state index in [4.69, 9.17) is 10.2 Å². The van der Waals surface area contributed by atoms with E-state index in [2.05, 4.69) is 15.5 Å². The molecule has 0 atom stereocenters. The molecule has 1 aliphatic carbocycles. The van der Waals surface area contributed by atoms with Gasteiger partial charge in [0.2, 0.25) is 0 Å². The monoisotopic (exact) mass is 465 g/mol. The summed E-state index contributed by atoms with van der Waals surface area (Å²) in [5.74, 6) is 0.0454. The molecule has 7 nitrogen and oxygen atoms in total. The highest BCUT2D eigenvalue weighted by Gasteiger charge is 2.30. The van der Waals surface area contributed by atoms with Crippen LogP contribution >= 0.6 is 24.8 Å². The smallest absolute Gasteiger partial charge is 0.196 e. The van der Waals surface area contributed by atoms with E-state index < -0.39 is 0 Å². The Labute approximate surface area is 194 Å². The first-order valence-corrected chi connectivity index (χ1v) is 9.99. The third-order valence-corrected chi connectivity index (χ3v) is 5.24. The van der Waals surface area contributed by atoms with E-state index in [0.29, 0.717) is 30.8 Å². The van der Waals surface area contributed by atoms with E-state index in [0.717, 1.165) is 40.9 Å². The number of hydrogen-bond acceptors (Lipinski definition) is 6. The predicted octanol–water partition coefficient (Wildman–Crippen LogP) is 2.65. The zero-order valence-electron chi connectivity index (χ0n) is 17.7. The molecule has 3 aromatic rings. The minimum atomic E-state index is 0. The van der Waals surface area contributed by atoms with Crippen molar-refractivity contribution < 1.29 is 9.90 Å². The van der Waals surface area contributed by atoms with Crippen molar-refractivity contribution in [2.45, 2.75) is 6.54 Å². The van der Waals surface area contributed by atoms with Gasteiger partial charge in [-0.15, -0.1) is 24.8 Å². The molecule has 0 saturated carbocycles. The SMILES string of the molecule is CN(C)CCNc1ccc2c3c(nn2CCNCCO)-c2ccccc2C(=O)c13.Cl.Cl. The van der Waals surface area contributed by atoms with Crippen molar-refractivity contribution in [3.8, 4) is 11.3 Å². The third-order valence-electron chi connectivity index (χ3n) is 5.24. The minimum absolute atomic E-state index is 0. The van der Waals surface area contributed by atoms with Gasteiger partial charge in [0, 0.05) is 48.4 Å². The molecule has 3 N–H and O–H groups in total. The van der Waals surface area contributed by atoms with Crippen LogP contribution in [0.15, 0.2) is 36.4 Å². The Bertz CT molecular complexity index is 1050. The lowest BCUT2D eigenvalue weighted by Crippen LogP contribution is -2.23. The van der Waals surface area contributed by atoms with Gasteiger partial charge in [0.1, 0.15) is 5.69 Å². The van der Waals surface area contributed by atoms with Crippen LogP contribution in [0.1, 0.15) is 15.9 Å². The van der Waals surface area contributed by atoms with Gasteiger partial charge < -0.3 is 20.6 Å². The molecule has 4 rings (SSSR count). The van der Waals surface area contributed by atoms with Crippen LogP contribution in [-0.2, 0) is 6.54 Å². The molecule has 0 fully saturated rings. The molecule has 31 heavy (non-hydrogen) atoms. The summed E-state index contributed by atoms with van der Waals surface area (Å²) in [6, 6.07) is 11.7. The number of rotatable bonds is 9. The van der Waals surface area contributed by atoms with E-state index >= 15 is 0 Å². The number of carbonyl (C=O) groups is 1. The van der Waals surface area contributed by atoms with Gasteiger partial charge >= 0.3 is 0 Å². The molecule has 0 bridgehead atoms. The number of carbonyl (C=O) groups excluding carboxylic acids is 1. The van der Waals surface area contributed by atoms with Gasteiger partial charge in [-0.1, -0.05) is 24.3 Å². The number of aliphatic hydroxyl groups excluding tert-OH is 1. The van der Waals surface area contributed by atoms with Crippen molar-refractivity contribution in [1.82, 2.24) is 20.0 Å². The Morgan fingerprint density at radius 1 is 1.03 bits per heavy atom. The maximum atomic E-state index is 13.4. The largest absolute Gasteiger partial charge is 0.395 e. The standard InChI is InChI=1S/C22H27N5O2.2ClH/c1-26(2)12-10-24-17-7-8-18-20-19(17)22(29)16-6-4-3-5-15(16)21(20)25-27(18)13-9-23-11-14-28;;/h3-8,23-24,28H,9-14H2,1-2H3;2*1H. The number of hydrogen-bond donors (Lipinski definition) is 3. The third kappa shape index (κ3) is 4.86. The van der Waals surface area contributed by atoms with E-state index in [9.17, 15) is 4.79 Å². The number of nitrogens with one attached hydrogen (secondary N) is 2. The van der Waals surface area contributed by atoms with Crippen LogP contribution < -0.4 is 10.6 Å². The van der Waals surface area contributed by atoms with Gasteiger partial charge in [-0.3, -0.25) is 9.48 Å². The second-order valence-corrected chi connectivity index (χ2v) is 7.53. The summed E-state index contributed by atoms with van der Waals surface area (Å²) in [5.41, 5.74) is 4.99. The molecule has 1 heterocycles. The van der Waals surface area contributed by atoms with Crippen molar-refractivity contribution >= 4 is 47.2 Å². The number of aliphatic hydroxyl groups is 1. The maximum absolute atomic E-state index is 13.4. The summed E-state index contributed by atoms with van der Waals surface area (Å²) in [6.07, 6.45) is 0. The van der Waals surface area contributed by atoms with Gasteiger partial charge in [-0.2, -0.15) is 5.10 Å². The molecule has 1 aliphatic rings. The van der Waals surface area contributed by atoms with Crippen molar-refractivity contribution in [3.05, 3.63) is 47.5 Å². The van der Waals surface area contributed by atoms with Crippen LogP contribution in [0.5, 0.6) is 0 Å². The fourth-order valence-electron chi connectivity index (χ4n) is 3.84. The summed E-state index contributed by atoms with van der Waals surface area (Å²) in [6.45, 7) is 3.67. The lowest BCUT2D eigenvalue weighted by atomic mass is 9.86. The quantitative estimate of drug-likeness (QED) is 0.329. The number of nitrogens with zero attached hydrogens (tertiary/aromatic N) is 3. The zero-order chi connectivity index (χ0) is 20.4. The fourth-order valence-corrected chi connectivity index (χ4v) is 3.84. The number of benzene rings is 2. The first kappa shape index (κ1) is 25.1. The molecular weight excluding hydrogens is 437 g/mol. The van der Waals surface area contributed by atoms with Crippen LogP contribution in [-0.4, -0.2) is 72.5 Å². The Kier molecular flexibility index (Phi) is 8.85. The average molecular weight is 466 g/mol. The summed E-state index contributed by atoms with van der Waals surface area (Å²) >= 11 is 0. The van der Waals surface area contributed by atoms with Gasteiger partial charge in [-0.25, -0.2) is 0 Å². The number of aromatic nitrogens is 2. The first-order valence-electron chi connectivity index (χ1n) is 9.99. The first-order chi connectivity index (χ1) is 14.1. The summed E-state index contributed by atoms with van der Waals surface area (Å²) in [5, 5.41) is 21.4. The average Bonchev–Trinajstić information content (AvgIpc) is 3.09.